The summed E-state index contributed by atoms with van der Waals surface area (Å²) in [5, 5.41) is 6.74. The highest BCUT2D eigenvalue weighted by Crippen LogP contribution is 2.07. The lowest BCUT2D eigenvalue weighted by Gasteiger charge is -2.11. The third-order valence-electron chi connectivity index (χ3n) is 2.90. The van der Waals surface area contributed by atoms with Gasteiger partial charge < -0.3 is 11.1 Å². The summed E-state index contributed by atoms with van der Waals surface area (Å²) in [6.45, 7) is 0. The Bertz CT molecular complexity index is 535. The molecule has 0 aliphatic carbocycles. The molecule has 5 heteroatoms. The van der Waals surface area contributed by atoms with Crippen LogP contribution in [0.1, 0.15) is 12.0 Å². The van der Waals surface area contributed by atoms with Crippen LogP contribution in [0.2, 0.25) is 0 Å². The molecule has 2 aromatic rings. The van der Waals surface area contributed by atoms with Crippen molar-refractivity contribution < 1.29 is 4.79 Å². The normalized spacial score (nSPS) is 12.1. The van der Waals surface area contributed by atoms with E-state index in [1.165, 1.54) is 5.56 Å². The van der Waals surface area contributed by atoms with Gasteiger partial charge in [-0.3, -0.25) is 9.48 Å². The first-order valence-corrected chi connectivity index (χ1v) is 6.24. The second-order valence-corrected chi connectivity index (χ2v) is 4.52. The Labute approximate surface area is 112 Å². The molecular formula is C14H18N4O. The number of amides is 1. The van der Waals surface area contributed by atoms with Gasteiger partial charge in [0.2, 0.25) is 5.91 Å². The van der Waals surface area contributed by atoms with E-state index in [1.807, 2.05) is 30.3 Å². The average molecular weight is 258 g/mol. The highest BCUT2D eigenvalue weighted by molar-refractivity contribution is 5.94. The molecule has 2 rings (SSSR count). The van der Waals surface area contributed by atoms with Gasteiger partial charge in [-0.05, 0) is 18.4 Å². The van der Waals surface area contributed by atoms with Gasteiger partial charge in [-0.15, -0.1) is 0 Å². The van der Waals surface area contributed by atoms with Crippen LogP contribution in [0.3, 0.4) is 0 Å². The molecule has 0 spiro atoms. The zero-order valence-electron chi connectivity index (χ0n) is 10.9. The molecule has 0 bridgehead atoms. The van der Waals surface area contributed by atoms with Crippen LogP contribution in [0, 0.1) is 0 Å². The zero-order valence-corrected chi connectivity index (χ0v) is 10.9. The van der Waals surface area contributed by atoms with Crippen molar-refractivity contribution in [3.8, 4) is 0 Å². The molecule has 1 amide bonds. The molecule has 100 valence electrons. The fraction of sp³-hybridized carbons (Fsp3) is 0.286. The van der Waals surface area contributed by atoms with Crippen LogP contribution in [0.15, 0.2) is 42.7 Å². The van der Waals surface area contributed by atoms with Gasteiger partial charge in [0.05, 0.1) is 17.9 Å². The van der Waals surface area contributed by atoms with Crippen molar-refractivity contribution in [2.45, 2.75) is 18.9 Å². The van der Waals surface area contributed by atoms with Crippen molar-refractivity contribution in [3.05, 3.63) is 48.3 Å². The van der Waals surface area contributed by atoms with E-state index in [0.717, 1.165) is 6.42 Å². The number of aryl methyl sites for hydroxylation is 2. The minimum atomic E-state index is -0.514. The topological polar surface area (TPSA) is 72.9 Å². The van der Waals surface area contributed by atoms with Gasteiger partial charge in [0.15, 0.2) is 0 Å². The maximum absolute atomic E-state index is 11.9. The van der Waals surface area contributed by atoms with Crippen molar-refractivity contribution in [1.82, 2.24) is 9.78 Å². The Hall–Kier alpha value is -2.14. The van der Waals surface area contributed by atoms with Crippen LogP contribution in [0.25, 0.3) is 0 Å². The van der Waals surface area contributed by atoms with E-state index in [0.29, 0.717) is 12.1 Å². The number of carbonyl (C=O) groups excluding carboxylic acids is 1. The Morgan fingerprint density at radius 2 is 2.16 bits per heavy atom. The largest absolute Gasteiger partial charge is 0.322 e. The number of aromatic nitrogens is 2. The number of nitrogens with zero attached hydrogens (tertiary/aromatic N) is 2. The first kappa shape index (κ1) is 13.3. The molecule has 0 saturated heterocycles. The number of hydrogen-bond donors (Lipinski definition) is 2. The standard InChI is InChI=1S/C14H18N4O/c1-18-10-12(9-16-18)17-14(19)13(15)8-7-11-5-3-2-4-6-11/h2-6,9-10,13H,7-8,15H2,1H3,(H,17,19)/t13-/m0/s1. The molecule has 1 aromatic heterocycles. The Morgan fingerprint density at radius 3 is 2.79 bits per heavy atom. The maximum Gasteiger partial charge on any atom is 0.241 e. The number of benzene rings is 1. The quantitative estimate of drug-likeness (QED) is 0.849. The van der Waals surface area contributed by atoms with Crippen LogP contribution in [0.5, 0.6) is 0 Å². The van der Waals surface area contributed by atoms with Crippen molar-refractivity contribution in [2.24, 2.45) is 12.8 Å². The van der Waals surface area contributed by atoms with Crippen LogP contribution in [-0.2, 0) is 18.3 Å². The summed E-state index contributed by atoms with van der Waals surface area (Å²) >= 11 is 0. The summed E-state index contributed by atoms with van der Waals surface area (Å²) in [6, 6.07) is 9.49. The molecule has 1 heterocycles. The van der Waals surface area contributed by atoms with Crippen LogP contribution in [0.4, 0.5) is 5.69 Å². The summed E-state index contributed by atoms with van der Waals surface area (Å²) < 4.78 is 1.63. The summed E-state index contributed by atoms with van der Waals surface area (Å²) in [7, 11) is 1.80. The van der Waals surface area contributed by atoms with Gasteiger partial charge in [0.25, 0.3) is 0 Å². The van der Waals surface area contributed by atoms with Crippen molar-refractivity contribution in [1.29, 1.82) is 0 Å². The van der Waals surface area contributed by atoms with Gasteiger partial charge in [0.1, 0.15) is 0 Å². The van der Waals surface area contributed by atoms with Gasteiger partial charge >= 0.3 is 0 Å². The highest BCUT2D eigenvalue weighted by atomic mass is 16.2. The Kier molecular flexibility index (Phi) is 4.30. The smallest absolute Gasteiger partial charge is 0.241 e. The number of hydrogen-bond acceptors (Lipinski definition) is 3. The Balaban J connectivity index is 1.82. The van der Waals surface area contributed by atoms with Gasteiger partial charge in [-0.25, -0.2) is 0 Å². The van der Waals surface area contributed by atoms with Crippen molar-refractivity contribution >= 4 is 11.6 Å². The van der Waals surface area contributed by atoms with Gasteiger partial charge in [-0.2, -0.15) is 5.10 Å². The van der Waals surface area contributed by atoms with E-state index < -0.39 is 6.04 Å². The molecular weight excluding hydrogens is 240 g/mol. The number of rotatable bonds is 5. The van der Waals surface area contributed by atoms with Crippen LogP contribution >= 0.6 is 0 Å². The van der Waals surface area contributed by atoms with E-state index in [9.17, 15) is 4.79 Å². The molecule has 19 heavy (non-hydrogen) atoms. The highest BCUT2D eigenvalue weighted by Gasteiger charge is 2.14. The number of carbonyl (C=O) groups is 1. The SMILES string of the molecule is Cn1cc(NC(=O)[C@@H](N)CCc2ccccc2)cn1. The first-order valence-electron chi connectivity index (χ1n) is 6.24. The molecule has 0 fully saturated rings. The molecule has 0 unspecified atom stereocenters. The van der Waals surface area contributed by atoms with E-state index in [2.05, 4.69) is 10.4 Å². The van der Waals surface area contributed by atoms with Crippen molar-refractivity contribution in [2.75, 3.05) is 5.32 Å². The third kappa shape index (κ3) is 3.93. The van der Waals surface area contributed by atoms with E-state index in [4.69, 9.17) is 5.73 Å². The van der Waals surface area contributed by atoms with E-state index in [1.54, 1.807) is 24.1 Å². The Morgan fingerprint density at radius 1 is 1.42 bits per heavy atom. The molecule has 3 N–H and O–H groups in total. The summed E-state index contributed by atoms with van der Waals surface area (Å²) in [5.41, 5.74) is 7.74. The average Bonchev–Trinajstić information content (AvgIpc) is 2.82. The number of nitrogens with two attached hydrogens (primary N) is 1. The fourth-order valence-electron chi connectivity index (χ4n) is 1.82. The fourth-order valence-corrected chi connectivity index (χ4v) is 1.82. The predicted molar refractivity (Wildman–Crippen MR) is 74.6 cm³/mol. The van der Waals surface area contributed by atoms with Crippen molar-refractivity contribution in [3.63, 3.8) is 0 Å². The molecule has 0 radical (unpaired) electrons. The lowest BCUT2D eigenvalue weighted by Crippen LogP contribution is -2.35. The second kappa shape index (κ2) is 6.15. The van der Waals surface area contributed by atoms with E-state index in [-0.39, 0.29) is 5.91 Å². The summed E-state index contributed by atoms with van der Waals surface area (Å²) in [5.74, 6) is -0.177. The van der Waals surface area contributed by atoms with Gasteiger partial charge in [0, 0.05) is 13.2 Å². The maximum atomic E-state index is 11.9. The first-order chi connectivity index (χ1) is 9.15. The minimum absolute atomic E-state index is 0.177. The lowest BCUT2D eigenvalue weighted by atomic mass is 10.1. The monoisotopic (exact) mass is 258 g/mol. The molecule has 1 aromatic carbocycles. The third-order valence-corrected chi connectivity index (χ3v) is 2.90. The summed E-state index contributed by atoms with van der Waals surface area (Å²) in [4.78, 5) is 11.9. The molecule has 1 atom stereocenters. The minimum Gasteiger partial charge on any atom is -0.322 e. The lowest BCUT2D eigenvalue weighted by molar-refractivity contribution is -0.117. The van der Waals surface area contributed by atoms with Crippen LogP contribution in [-0.4, -0.2) is 21.7 Å². The molecule has 0 aliphatic heterocycles. The number of nitrogens with one attached hydrogen (secondary N) is 1. The summed E-state index contributed by atoms with van der Waals surface area (Å²) in [6.07, 6.45) is 4.75. The van der Waals surface area contributed by atoms with E-state index >= 15 is 0 Å². The molecule has 5 nitrogen and oxygen atoms in total. The second-order valence-electron chi connectivity index (χ2n) is 4.52. The zero-order chi connectivity index (χ0) is 13.7. The van der Waals surface area contributed by atoms with Crippen LogP contribution < -0.4 is 11.1 Å². The number of anilines is 1. The van der Waals surface area contributed by atoms with Gasteiger partial charge in [-0.1, -0.05) is 30.3 Å². The molecule has 0 aliphatic rings. The molecule has 0 saturated carbocycles. The predicted octanol–water partition coefficient (Wildman–Crippen LogP) is 1.32.